The van der Waals surface area contributed by atoms with E-state index in [0.717, 1.165) is 96.4 Å². The molecule has 19 nitrogen and oxygen atoms in total. The van der Waals surface area contributed by atoms with Gasteiger partial charge in [-0.05, 0) is 130 Å². The molecule has 21 heteroatoms. The van der Waals surface area contributed by atoms with E-state index in [4.69, 9.17) is 25.5 Å². The average molecular weight is 1140 g/mol. The Morgan fingerprint density at radius 2 is 0.905 bits per heavy atom. The fraction of sp³-hybridized carbons (Fsp3) is 0.222. The number of hydrogen-bond donors (Lipinski definition) is 1. The van der Waals surface area contributed by atoms with Crippen LogP contribution in [0.15, 0.2) is 128 Å². The molecule has 7 heterocycles. The second kappa shape index (κ2) is 28.7. The van der Waals surface area contributed by atoms with Crippen LogP contribution in [-0.4, -0.2) is 110 Å². The molecule has 4 aromatic carbocycles. The first kappa shape index (κ1) is 64.1. The number of benzene rings is 4. The Morgan fingerprint density at radius 3 is 1.32 bits per heavy atom. The van der Waals surface area contributed by atoms with E-state index in [1.54, 1.807) is 34.5 Å². The summed E-state index contributed by atoms with van der Waals surface area (Å²) in [6, 6.07) is 38.0. The van der Waals surface area contributed by atoms with Crippen molar-refractivity contribution in [1.82, 2.24) is 53.6 Å². The summed E-state index contributed by atoms with van der Waals surface area (Å²) < 4.78 is 40.5. The van der Waals surface area contributed by atoms with Crippen LogP contribution in [0.5, 0.6) is 23.0 Å². The third kappa shape index (κ3) is 14.6. The van der Waals surface area contributed by atoms with Crippen molar-refractivity contribution in [2.75, 3.05) is 76.6 Å². The number of methoxy groups -OCH3 is 4. The quantitative estimate of drug-likeness (QED) is 0.0656. The van der Waals surface area contributed by atoms with Crippen molar-refractivity contribution < 1.29 is 52.9 Å². The van der Waals surface area contributed by atoms with Gasteiger partial charge in [0.05, 0.1) is 50.5 Å². The van der Waals surface area contributed by atoms with Gasteiger partial charge in [-0.15, -0.1) is 0 Å². The Balaban J connectivity index is 0.000000178. The number of nitrogens with zero attached hydrogens (tertiary/aromatic N) is 14. The van der Waals surface area contributed by atoms with Gasteiger partial charge in [0.15, 0.2) is 11.6 Å². The summed E-state index contributed by atoms with van der Waals surface area (Å²) in [5.41, 5.74) is 11.1. The number of rotatable bonds is 13. The molecule has 11 aromatic rings. The molecule has 1 N–H and O–H groups in total. The predicted octanol–water partition coefficient (Wildman–Crippen LogP) is 9.19. The van der Waals surface area contributed by atoms with Crippen molar-refractivity contribution in [1.29, 1.82) is 0 Å². The molecular formula is C63H69FN15NaO4-2. The largest absolute Gasteiger partial charge is 1.00 e. The average Bonchev–Trinajstić information content (AvgIpc) is 2.84. The Labute approximate surface area is 512 Å². The van der Waals surface area contributed by atoms with Crippen LogP contribution in [0.3, 0.4) is 0 Å². The molecule has 11 rings (SSSR count). The molecular weight excluding hydrogens is 1070 g/mol. The van der Waals surface area contributed by atoms with Gasteiger partial charge >= 0.3 is 35.6 Å². The van der Waals surface area contributed by atoms with Crippen molar-refractivity contribution >= 4 is 79.4 Å². The minimum atomic E-state index is -0.742. The summed E-state index contributed by atoms with van der Waals surface area (Å²) >= 11 is 0. The molecule has 0 amide bonds. The Hall–Kier alpha value is -9.11. The maximum atomic E-state index is 13.7. The maximum Gasteiger partial charge on any atom is 1.00 e. The van der Waals surface area contributed by atoms with E-state index >= 15 is 0 Å². The Morgan fingerprint density at radius 1 is 0.512 bits per heavy atom. The second-order valence-corrected chi connectivity index (χ2v) is 18.7. The minimum absolute atomic E-state index is 0. The normalized spacial score (nSPS) is 10.4. The number of nitrogens with one attached hydrogen (secondary N) is 1. The summed E-state index contributed by atoms with van der Waals surface area (Å²) in [7, 11) is 20.2. The van der Waals surface area contributed by atoms with Gasteiger partial charge in [-0.25, -0.2) is 29.9 Å². The fourth-order valence-corrected chi connectivity index (χ4v) is 9.00. The Bertz CT molecular complexity index is 3850. The summed E-state index contributed by atoms with van der Waals surface area (Å²) in [4.78, 5) is 40.6. The van der Waals surface area contributed by atoms with Crippen LogP contribution in [0.1, 0.15) is 23.2 Å². The first-order chi connectivity index (χ1) is 39.5. The van der Waals surface area contributed by atoms with Crippen LogP contribution in [-0.2, 0) is 21.1 Å². The first-order valence-corrected chi connectivity index (χ1v) is 25.9. The number of aryl methyl sites for hydroxylation is 6. The zero-order valence-electron chi connectivity index (χ0n) is 50.6. The summed E-state index contributed by atoms with van der Waals surface area (Å²) in [6.45, 7) is 11.1. The van der Waals surface area contributed by atoms with E-state index in [0.29, 0.717) is 34.3 Å². The minimum Gasteiger partial charge on any atom is -0.497 e. The molecule has 0 aliphatic heterocycles. The number of hydrogen-bond acceptors (Lipinski definition) is 16. The topological polar surface area (TPSA) is 177 Å². The van der Waals surface area contributed by atoms with Gasteiger partial charge in [-0.1, -0.05) is 0 Å². The van der Waals surface area contributed by atoms with E-state index in [1.807, 2.05) is 210 Å². The summed E-state index contributed by atoms with van der Waals surface area (Å²) in [5.74, 6) is 7.85. The zero-order valence-corrected chi connectivity index (χ0v) is 52.6. The van der Waals surface area contributed by atoms with Crippen molar-refractivity contribution in [3.8, 4) is 34.3 Å². The van der Waals surface area contributed by atoms with E-state index < -0.39 is 6.08 Å². The third-order valence-electron chi connectivity index (χ3n) is 13.3. The molecule has 0 unspecified atom stereocenters. The number of halogens is 1. The Kier molecular flexibility index (Phi) is 21.9. The van der Waals surface area contributed by atoms with E-state index in [-0.39, 0.29) is 37.0 Å². The van der Waals surface area contributed by atoms with Gasteiger partial charge in [-0.3, -0.25) is 11.8 Å². The van der Waals surface area contributed by atoms with Gasteiger partial charge in [0.1, 0.15) is 57.2 Å². The molecule has 0 fully saturated rings. The van der Waals surface area contributed by atoms with Crippen molar-refractivity contribution in [2.24, 2.45) is 21.1 Å². The number of fused-ring (bicyclic) bond motifs is 3. The zero-order chi connectivity index (χ0) is 58.8. The second-order valence-electron chi connectivity index (χ2n) is 18.7. The van der Waals surface area contributed by atoms with Crippen LogP contribution in [0, 0.1) is 46.9 Å². The SMILES string of the molecule is CNc1ccc(OC)cc1-c1nc([18F])nc2ccn(C)c12.COc1ccc(N([11CH3])c2nc(C)nc3ccn(C)c23)cc1.Cc1nc(N(C)c2ccc(O[11CH3])cc2)c2c(ccn2C)n1.[CH-]=Cc1[c-]c(N(C)c2ccc(OC)cc2)nc(C)n1.[CH3-].[Na+]. The smallest absolute Gasteiger partial charge is 0.497 e. The van der Waals surface area contributed by atoms with Crippen molar-refractivity contribution in [3.63, 3.8) is 0 Å². The molecule has 0 spiro atoms. The van der Waals surface area contributed by atoms with Crippen LogP contribution in [0.4, 0.5) is 44.6 Å². The number of anilines is 7. The number of ether oxygens (including phenoxy) is 4. The molecule has 0 saturated carbocycles. The van der Waals surface area contributed by atoms with Gasteiger partial charge in [0.25, 0.3) is 0 Å². The van der Waals surface area contributed by atoms with Crippen LogP contribution in [0.25, 0.3) is 50.4 Å². The molecule has 84 heavy (non-hydrogen) atoms. The van der Waals surface area contributed by atoms with Gasteiger partial charge in [0, 0.05) is 102 Å². The van der Waals surface area contributed by atoms with Crippen molar-refractivity contribution in [2.45, 2.75) is 20.8 Å². The summed E-state index contributed by atoms with van der Waals surface area (Å²) in [6.07, 6.45) is 6.52. The van der Waals surface area contributed by atoms with Gasteiger partial charge < -0.3 is 77.7 Å². The molecule has 7 aromatic heterocycles. The van der Waals surface area contributed by atoms with E-state index in [1.165, 1.54) is 6.08 Å². The summed E-state index contributed by atoms with van der Waals surface area (Å²) in [5, 5.41) is 3.09. The maximum absolute atomic E-state index is 13.7. The predicted molar refractivity (Wildman–Crippen MR) is 330 cm³/mol. The van der Waals surface area contributed by atoms with Gasteiger partial charge in [-0.2, -0.15) is 9.37 Å². The third-order valence-corrected chi connectivity index (χ3v) is 13.3. The van der Waals surface area contributed by atoms with Crippen LogP contribution < -0.4 is 68.5 Å². The van der Waals surface area contributed by atoms with E-state index in [9.17, 15) is 4.39 Å². The molecule has 430 valence electrons. The molecule has 0 bridgehead atoms. The standard InChI is InChI=1S/2C16H18N4O.C15H15FN4O.C15H15N3O.CH3.Na/c2*1-11-17-14-9-10-19(2)15(14)16(18-11)20(3)12-5-7-13(21-4)8-6-12;1-17-11-5-4-9(21-3)8-10(11)13-14-12(6-7-20(14)2)18-15(16)19-13;1-5-12-10-15(17-11(2)16-12)18(3)13-6-8-14(19-4)9-7-13;;/h2*5-10H,1-4H3;4-8,17H,1-3H3;1,5-9H,2-4H3;1H3;/q;;;-2;-1;+1/i4-1;3-1;16-1;;;. The van der Waals surface area contributed by atoms with E-state index in [2.05, 4.69) is 61.1 Å². The molecule has 0 radical (unpaired) electrons. The van der Waals surface area contributed by atoms with Crippen LogP contribution in [0.2, 0.25) is 0 Å². The molecule has 0 aliphatic rings. The molecule has 0 atom stereocenters. The monoisotopic (exact) mass is 1140 g/mol. The molecule has 0 aliphatic carbocycles. The molecule has 0 saturated heterocycles. The first-order valence-electron chi connectivity index (χ1n) is 25.9. The van der Waals surface area contributed by atoms with Crippen LogP contribution >= 0.6 is 0 Å². The fourth-order valence-electron chi connectivity index (χ4n) is 9.00. The van der Waals surface area contributed by atoms with Gasteiger partial charge in [0.2, 0.25) is 0 Å². The number of aromatic nitrogens is 11. The van der Waals surface area contributed by atoms with Crippen molar-refractivity contribution in [3.05, 3.63) is 177 Å².